The number of benzene rings is 2. The van der Waals surface area contributed by atoms with Crippen LogP contribution in [0.4, 0.5) is 5.69 Å². The molecule has 1 heterocycles. The number of amides is 1. The molecule has 0 saturated carbocycles. The van der Waals surface area contributed by atoms with E-state index in [1.165, 1.54) is 0 Å². The fraction of sp³-hybridized carbons (Fsp3) is 0.316. The Morgan fingerprint density at radius 2 is 2.12 bits per heavy atom. The predicted molar refractivity (Wildman–Crippen MR) is 105 cm³/mol. The number of ether oxygens (including phenoxy) is 1. The molecular formula is C19H20BrClN2O2. The van der Waals surface area contributed by atoms with Crippen LogP contribution in [0.1, 0.15) is 35.3 Å². The third kappa shape index (κ3) is 4.35. The minimum atomic E-state index is -0.184. The van der Waals surface area contributed by atoms with Crippen LogP contribution < -0.4 is 15.4 Å². The molecule has 0 spiro atoms. The van der Waals surface area contributed by atoms with Gasteiger partial charge in [-0.3, -0.25) is 4.79 Å². The third-order valence-electron chi connectivity index (χ3n) is 3.97. The molecule has 25 heavy (non-hydrogen) atoms. The number of hydrogen-bond donors (Lipinski definition) is 2. The van der Waals surface area contributed by atoms with Crippen LogP contribution in [0.25, 0.3) is 0 Å². The first-order chi connectivity index (χ1) is 11.9. The number of carbonyl (C=O) groups is 1. The van der Waals surface area contributed by atoms with E-state index in [1.807, 2.05) is 26.0 Å². The Hall–Kier alpha value is -1.56. The summed E-state index contributed by atoms with van der Waals surface area (Å²) in [5.41, 5.74) is 3.55. The highest BCUT2D eigenvalue weighted by molar-refractivity contribution is 9.10. The molecule has 0 aliphatic carbocycles. The average molecular weight is 424 g/mol. The van der Waals surface area contributed by atoms with Gasteiger partial charge in [0.25, 0.3) is 5.91 Å². The lowest BCUT2D eigenvalue weighted by atomic mass is 10.00. The second-order valence-electron chi connectivity index (χ2n) is 6.29. The molecule has 2 aromatic rings. The molecule has 0 radical (unpaired) electrons. The fourth-order valence-corrected chi connectivity index (χ4v) is 3.64. The van der Waals surface area contributed by atoms with Crippen molar-refractivity contribution < 1.29 is 9.53 Å². The first-order valence-corrected chi connectivity index (χ1v) is 9.40. The number of hydrogen-bond acceptors (Lipinski definition) is 3. The van der Waals surface area contributed by atoms with Crippen molar-refractivity contribution in [2.24, 2.45) is 0 Å². The highest BCUT2D eigenvalue weighted by atomic mass is 79.9. The van der Waals surface area contributed by atoms with Crippen molar-refractivity contribution in [3.63, 3.8) is 0 Å². The summed E-state index contributed by atoms with van der Waals surface area (Å²) < 4.78 is 6.42. The molecule has 2 aromatic carbocycles. The van der Waals surface area contributed by atoms with E-state index in [4.69, 9.17) is 16.3 Å². The summed E-state index contributed by atoms with van der Waals surface area (Å²) in [4.78, 5) is 12.5. The topological polar surface area (TPSA) is 50.4 Å². The summed E-state index contributed by atoms with van der Waals surface area (Å²) in [7, 11) is 0. The second kappa shape index (κ2) is 7.77. The van der Waals surface area contributed by atoms with Crippen molar-refractivity contribution in [3.8, 4) is 5.75 Å². The van der Waals surface area contributed by atoms with Crippen molar-refractivity contribution in [2.45, 2.75) is 32.9 Å². The average Bonchev–Trinajstić information content (AvgIpc) is 2.56. The van der Waals surface area contributed by atoms with E-state index in [2.05, 4.69) is 26.6 Å². The summed E-state index contributed by atoms with van der Waals surface area (Å²) >= 11 is 9.82. The molecule has 0 aromatic heterocycles. The molecule has 1 amide bonds. The van der Waals surface area contributed by atoms with Gasteiger partial charge < -0.3 is 15.4 Å². The Labute approximate surface area is 161 Å². The van der Waals surface area contributed by atoms with Crippen molar-refractivity contribution in [1.82, 2.24) is 5.32 Å². The van der Waals surface area contributed by atoms with E-state index in [0.717, 1.165) is 40.9 Å². The van der Waals surface area contributed by atoms with E-state index in [9.17, 15) is 4.79 Å². The zero-order chi connectivity index (χ0) is 18.0. The Kier molecular flexibility index (Phi) is 5.67. The largest absolute Gasteiger partial charge is 0.490 e. The molecule has 0 fully saturated rings. The number of carbonyl (C=O) groups excluding carboxylic acids is 1. The monoisotopic (exact) mass is 422 g/mol. The molecule has 0 saturated heterocycles. The SMILES string of the molecule is CC(C)Oc1ccc(C(=O)Nc2cc(Cl)c3c(c2)CNCC3)cc1Br. The molecule has 0 unspecified atom stereocenters. The zero-order valence-electron chi connectivity index (χ0n) is 14.2. The fourth-order valence-electron chi connectivity index (χ4n) is 2.83. The summed E-state index contributed by atoms with van der Waals surface area (Å²) in [6, 6.07) is 9.10. The van der Waals surface area contributed by atoms with Gasteiger partial charge in [0.1, 0.15) is 5.75 Å². The van der Waals surface area contributed by atoms with Crippen molar-refractivity contribution >= 4 is 39.1 Å². The number of halogens is 2. The van der Waals surface area contributed by atoms with E-state index in [-0.39, 0.29) is 12.0 Å². The molecule has 2 N–H and O–H groups in total. The summed E-state index contributed by atoms with van der Waals surface area (Å²) in [5, 5.41) is 6.95. The van der Waals surface area contributed by atoms with E-state index >= 15 is 0 Å². The van der Waals surface area contributed by atoms with Crippen LogP contribution in [0.5, 0.6) is 5.75 Å². The van der Waals surface area contributed by atoms with Gasteiger partial charge in [0.15, 0.2) is 0 Å². The van der Waals surface area contributed by atoms with Gasteiger partial charge in [-0.05, 0) is 84.2 Å². The number of anilines is 1. The van der Waals surface area contributed by atoms with Gasteiger partial charge in [0.05, 0.1) is 10.6 Å². The van der Waals surface area contributed by atoms with Crippen LogP contribution in [-0.4, -0.2) is 18.6 Å². The molecule has 1 aliphatic rings. The normalized spacial score (nSPS) is 13.5. The maximum atomic E-state index is 12.5. The minimum Gasteiger partial charge on any atom is -0.490 e. The smallest absolute Gasteiger partial charge is 0.255 e. The first-order valence-electron chi connectivity index (χ1n) is 8.23. The van der Waals surface area contributed by atoms with Gasteiger partial charge in [-0.25, -0.2) is 0 Å². The van der Waals surface area contributed by atoms with E-state index < -0.39 is 0 Å². The summed E-state index contributed by atoms with van der Waals surface area (Å²) in [5.74, 6) is 0.533. The standard InChI is InChI=1S/C19H20BrClN2O2/c1-11(2)25-18-4-3-12(8-16(18)20)19(24)23-14-7-13-10-22-6-5-15(13)17(21)9-14/h3-4,7-9,11,22H,5-6,10H2,1-2H3,(H,23,24). The first kappa shape index (κ1) is 18.2. The lowest BCUT2D eigenvalue weighted by Crippen LogP contribution is -2.24. The van der Waals surface area contributed by atoms with Crippen LogP contribution in [0.3, 0.4) is 0 Å². The molecule has 4 nitrogen and oxygen atoms in total. The van der Waals surface area contributed by atoms with Gasteiger partial charge in [-0.2, -0.15) is 0 Å². The minimum absolute atomic E-state index is 0.0715. The Morgan fingerprint density at radius 3 is 2.84 bits per heavy atom. The van der Waals surface area contributed by atoms with Crippen molar-refractivity contribution in [1.29, 1.82) is 0 Å². The summed E-state index contributed by atoms with van der Waals surface area (Å²) in [6.07, 6.45) is 0.981. The highest BCUT2D eigenvalue weighted by Crippen LogP contribution is 2.29. The van der Waals surface area contributed by atoms with Gasteiger partial charge >= 0.3 is 0 Å². The lowest BCUT2D eigenvalue weighted by molar-refractivity contribution is 0.102. The zero-order valence-corrected chi connectivity index (χ0v) is 16.5. The molecule has 6 heteroatoms. The Balaban J connectivity index is 1.78. The van der Waals surface area contributed by atoms with Gasteiger partial charge in [0.2, 0.25) is 0 Å². The molecule has 0 bridgehead atoms. The lowest BCUT2D eigenvalue weighted by Gasteiger charge is -2.20. The number of rotatable bonds is 4. The van der Waals surface area contributed by atoms with Crippen LogP contribution in [0.15, 0.2) is 34.8 Å². The van der Waals surface area contributed by atoms with Crippen LogP contribution >= 0.6 is 27.5 Å². The van der Waals surface area contributed by atoms with E-state index in [0.29, 0.717) is 16.3 Å². The molecule has 0 atom stereocenters. The second-order valence-corrected chi connectivity index (χ2v) is 7.55. The van der Waals surface area contributed by atoms with Crippen LogP contribution in [0, 0.1) is 0 Å². The molecule has 3 rings (SSSR count). The van der Waals surface area contributed by atoms with Gasteiger partial charge in [-0.1, -0.05) is 11.6 Å². The number of fused-ring (bicyclic) bond motifs is 1. The number of nitrogens with one attached hydrogen (secondary N) is 2. The van der Waals surface area contributed by atoms with Crippen molar-refractivity contribution in [2.75, 3.05) is 11.9 Å². The maximum Gasteiger partial charge on any atom is 0.255 e. The van der Waals surface area contributed by atoms with Crippen LogP contribution in [0.2, 0.25) is 5.02 Å². The van der Waals surface area contributed by atoms with Crippen molar-refractivity contribution in [3.05, 3.63) is 56.5 Å². The molecule has 1 aliphatic heterocycles. The van der Waals surface area contributed by atoms with Gasteiger partial charge in [-0.15, -0.1) is 0 Å². The van der Waals surface area contributed by atoms with Gasteiger partial charge in [0, 0.05) is 22.8 Å². The molecule has 132 valence electrons. The predicted octanol–water partition coefficient (Wildman–Crippen LogP) is 4.79. The highest BCUT2D eigenvalue weighted by Gasteiger charge is 2.15. The summed E-state index contributed by atoms with van der Waals surface area (Å²) in [6.45, 7) is 5.62. The quantitative estimate of drug-likeness (QED) is 0.743. The third-order valence-corrected chi connectivity index (χ3v) is 4.93. The van der Waals surface area contributed by atoms with E-state index in [1.54, 1.807) is 18.2 Å². The Bertz CT molecular complexity index is 808. The van der Waals surface area contributed by atoms with Crippen LogP contribution in [-0.2, 0) is 13.0 Å². The maximum absolute atomic E-state index is 12.5. The molecular weight excluding hydrogens is 404 g/mol. The Morgan fingerprint density at radius 1 is 1.32 bits per heavy atom.